The van der Waals surface area contributed by atoms with E-state index in [0.29, 0.717) is 27.1 Å². The zero-order valence-electron chi connectivity index (χ0n) is 31.3. The van der Waals surface area contributed by atoms with E-state index < -0.39 is 73.4 Å². The lowest BCUT2D eigenvalue weighted by Gasteiger charge is -2.43. The number of rotatable bonds is 10. The second kappa shape index (κ2) is 16.3. The van der Waals surface area contributed by atoms with Gasteiger partial charge in [-0.15, -0.1) is 11.8 Å². The average Bonchev–Trinajstić information content (AvgIpc) is 3.32. The molecule has 1 amide bonds. The highest BCUT2D eigenvalue weighted by atomic mass is 32.2. The van der Waals surface area contributed by atoms with Crippen LogP contribution in [0.2, 0.25) is 0 Å². The minimum absolute atomic E-state index is 0.0351. The van der Waals surface area contributed by atoms with Gasteiger partial charge in [-0.1, -0.05) is 6.07 Å². The molecule has 4 rings (SSSR count). The number of benzene rings is 1. The minimum Gasteiger partial charge on any atom is -0.492 e. The molecule has 1 saturated heterocycles. The summed E-state index contributed by atoms with van der Waals surface area (Å²) in [5.74, 6) is -4.90. The lowest BCUT2D eigenvalue weighted by Crippen LogP contribution is -2.64. The molecule has 0 spiro atoms. The fourth-order valence-electron chi connectivity index (χ4n) is 6.01. The van der Waals surface area contributed by atoms with Gasteiger partial charge >= 0.3 is 23.9 Å². The zero-order valence-corrected chi connectivity index (χ0v) is 29.1. The third-order valence-electron chi connectivity index (χ3n) is 7.88. The molecule has 15 nitrogen and oxygen atoms in total. The number of fused-ring (bicyclic) bond motifs is 3. The number of thioether (sulfide) groups is 1. The zero-order chi connectivity index (χ0) is 39.4. The highest BCUT2D eigenvalue weighted by Crippen LogP contribution is 2.51. The van der Waals surface area contributed by atoms with Gasteiger partial charge in [0.1, 0.15) is 0 Å². The molecule has 5 unspecified atom stereocenters. The Kier molecular flexibility index (Phi) is 10.9. The van der Waals surface area contributed by atoms with E-state index in [0.717, 1.165) is 27.9 Å². The molecule has 0 aromatic heterocycles. The number of hydrogen-bond donors (Lipinski definition) is 1. The Balaban J connectivity index is 1.94. The Labute approximate surface area is 296 Å². The van der Waals surface area contributed by atoms with Crippen molar-refractivity contribution in [3.63, 3.8) is 0 Å². The van der Waals surface area contributed by atoms with E-state index in [1.165, 1.54) is 38.1 Å². The summed E-state index contributed by atoms with van der Waals surface area (Å²) in [6.45, 7) is 0.197. The molecule has 16 heteroatoms. The number of esters is 4. The molecule has 1 N–H and O–H groups in total. The van der Waals surface area contributed by atoms with E-state index in [2.05, 4.69) is 5.32 Å². The van der Waals surface area contributed by atoms with Crippen LogP contribution >= 0.6 is 11.8 Å². The van der Waals surface area contributed by atoms with Crippen LogP contribution in [0.15, 0.2) is 34.0 Å². The van der Waals surface area contributed by atoms with E-state index in [1.807, 2.05) is 0 Å². The van der Waals surface area contributed by atoms with Crippen LogP contribution in [0.4, 0.5) is 0 Å². The first-order valence-electron chi connectivity index (χ1n) is 16.7. The van der Waals surface area contributed by atoms with Crippen molar-refractivity contribution in [1.29, 1.82) is 0 Å². The van der Waals surface area contributed by atoms with E-state index in [1.54, 1.807) is 18.4 Å². The fraction of sp³-hybridized carbons (Fsp3) is 0.471. The van der Waals surface area contributed by atoms with Gasteiger partial charge in [0, 0.05) is 37.3 Å². The van der Waals surface area contributed by atoms with E-state index in [-0.39, 0.29) is 35.5 Å². The average molecular weight is 721 g/mol. The molecule has 270 valence electrons. The number of ether oxygens (including phenoxy) is 8. The Bertz CT molecular complexity index is 1840. The van der Waals surface area contributed by atoms with Crippen molar-refractivity contribution in [2.45, 2.75) is 82.1 Å². The van der Waals surface area contributed by atoms with Crippen LogP contribution < -0.4 is 25.0 Å². The smallest absolute Gasteiger partial charge is 0.339 e. The highest BCUT2D eigenvalue weighted by molar-refractivity contribution is 7.98. The summed E-state index contributed by atoms with van der Waals surface area (Å²) in [6.07, 6.45) is -6.35. The molecule has 6 atom stereocenters. The summed E-state index contributed by atoms with van der Waals surface area (Å²) in [4.78, 5) is 76.1. The number of nitrogens with one attached hydrogen (secondary N) is 1. The quantitative estimate of drug-likeness (QED) is 0.214. The number of methoxy groups -OCH3 is 3. The number of hydrogen-bond acceptors (Lipinski definition) is 15. The Morgan fingerprint density at radius 2 is 1.54 bits per heavy atom. The molecule has 2 aliphatic rings. The summed E-state index contributed by atoms with van der Waals surface area (Å²) in [6, 6.07) is 5.21. The van der Waals surface area contributed by atoms with Crippen LogP contribution in [0.3, 0.4) is 0 Å². The molecule has 1 aliphatic carbocycles. The first-order valence-corrected chi connectivity index (χ1v) is 16.4. The lowest BCUT2D eigenvalue weighted by atomic mass is 9.95. The number of carbonyl (C=O) groups excluding carboxylic acids is 5. The third-order valence-corrected chi connectivity index (χ3v) is 8.66. The standard InChI is InChI=1S/C34H39NO14S/c1-15(36)35-22-11-9-19-13-24(27(42-5)28(43-6)26(19)20-10-12-25(50-8)23(40)14-21(20)22)48-34-32(47-18(4)39)30(46-17(3)38)29(45-16(2)37)31(49-34)33(41)44-7/h10,12-14,22,29-32,34H,9,11H2,1-8H3,(H,35,36)/t22-,29?,30?,31?,32?,34?/m1/s1/i1D3. The Morgan fingerprint density at radius 3 is 2.12 bits per heavy atom. The maximum Gasteiger partial charge on any atom is 0.339 e. The first kappa shape index (κ1) is 33.7. The number of carbonyl (C=O) groups is 5. The third kappa shape index (κ3) is 8.13. The van der Waals surface area contributed by atoms with Gasteiger partial charge in [-0.05, 0) is 54.0 Å². The van der Waals surface area contributed by atoms with Crippen molar-refractivity contribution >= 4 is 41.5 Å². The van der Waals surface area contributed by atoms with Gasteiger partial charge in [-0.2, -0.15) is 0 Å². The molecule has 2 aromatic carbocycles. The second-order valence-electron chi connectivity index (χ2n) is 11.1. The monoisotopic (exact) mass is 720 g/mol. The molecule has 50 heavy (non-hydrogen) atoms. The van der Waals surface area contributed by atoms with Gasteiger partial charge in [0.05, 0.1) is 32.3 Å². The summed E-state index contributed by atoms with van der Waals surface area (Å²) in [7, 11) is 3.71. The molecule has 1 aliphatic heterocycles. The van der Waals surface area contributed by atoms with E-state index in [4.69, 9.17) is 42.0 Å². The van der Waals surface area contributed by atoms with Crippen molar-refractivity contribution < 1.29 is 66.0 Å². The molecule has 0 bridgehead atoms. The van der Waals surface area contributed by atoms with Crippen molar-refractivity contribution in [2.75, 3.05) is 27.6 Å². The molecule has 2 aromatic rings. The molecular weight excluding hydrogens is 678 g/mol. The van der Waals surface area contributed by atoms with Crippen LogP contribution in [0.1, 0.15) is 55.3 Å². The van der Waals surface area contributed by atoms with Crippen LogP contribution in [-0.4, -0.2) is 88.1 Å². The van der Waals surface area contributed by atoms with E-state index in [9.17, 15) is 28.8 Å². The largest absolute Gasteiger partial charge is 0.492 e. The highest BCUT2D eigenvalue weighted by Gasteiger charge is 2.56. The van der Waals surface area contributed by atoms with Crippen molar-refractivity contribution in [3.8, 4) is 28.4 Å². The predicted octanol–water partition coefficient (Wildman–Crippen LogP) is 2.65. The minimum atomic E-state index is -2.97. The molecule has 0 saturated carbocycles. The van der Waals surface area contributed by atoms with Gasteiger partial charge in [0.15, 0.2) is 35.2 Å². The van der Waals surface area contributed by atoms with E-state index >= 15 is 0 Å². The van der Waals surface area contributed by atoms with Gasteiger partial charge < -0.3 is 43.2 Å². The van der Waals surface area contributed by atoms with Crippen LogP contribution in [0.5, 0.6) is 17.2 Å². The summed E-state index contributed by atoms with van der Waals surface area (Å²) in [5, 5.41) is 2.56. The first-order chi connectivity index (χ1) is 24.9. The van der Waals surface area contributed by atoms with Crippen molar-refractivity contribution in [2.24, 2.45) is 0 Å². The van der Waals surface area contributed by atoms with Crippen molar-refractivity contribution in [1.82, 2.24) is 5.32 Å². The van der Waals surface area contributed by atoms with Crippen LogP contribution in [-0.2, 0) is 54.1 Å². The topological polar surface area (TPSA) is 188 Å². The van der Waals surface area contributed by atoms with Gasteiger partial charge in [-0.25, -0.2) is 4.79 Å². The predicted molar refractivity (Wildman–Crippen MR) is 176 cm³/mol. The molecule has 1 fully saturated rings. The van der Waals surface area contributed by atoms with Crippen LogP contribution in [0.25, 0.3) is 11.1 Å². The van der Waals surface area contributed by atoms with Gasteiger partial charge in [-0.3, -0.25) is 24.0 Å². The number of aryl methyl sites for hydroxylation is 1. The lowest BCUT2D eigenvalue weighted by molar-refractivity contribution is -0.282. The maximum absolute atomic E-state index is 13.2. The van der Waals surface area contributed by atoms with Gasteiger partial charge in [0.2, 0.25) is 24.1 Å². The number of amides is 1. The molecular formula is C34H39NO14S. The molecule has 0 radical (unpaired) electrons. The Hall–Kier alpha value is -4.83. The summed E-state index contributed by atoms with van der Waals surface area (Å²) >= 11 is 1.20. The summed E-state index contributed by atoms with van der Waals surface area (Å²) in [5.41, 5.74) is 1.34. The summed E-state index contributed by atoms with van der Waals surface area (Å²) < 4.78 is 67.9. The maximum atomic E-state index is 13.2. The molecule has 1 heterocycles. The van der Waals surface area contributed by atoms with Crippen LogP contribution in [0, 0.1) is 0 Å². The van der Waals surface area contributed by atoms with Gasteiger partial charge in [0.25, 0.3) is 0 Å². The Morgan fingerprint density at radius 1 is 0.900 bits per heavy atom. The van der Waals surface area contributed by atoms with Crippen molar-refractivity contribution in [3.05, 3.63) is 45.6 Å². The fourth-order valence-corrected chi connectivity index (χ4v) is 6.47. The normalized spacial score (nSPS) is 23.5. The second-order valence-corrected chi connectivity index (χ2v) is 12.0. The SMILES string of the molecule is [2H]C([2H])([2H])C(=O)N[C@@H]1CCc2cc(OC3OC(C(=O)OC)C(OC(C)=O)C(OC(C)=O)C3OC(C)=O)c(OC)c(OC)c2-c2ccc(SC)c(=O)cc21.